The molecule has 4 aromatic rings. The summed E-state index contributed by atoms with van der Waals surface area (Å²) >= 11 is 1.18. The molecule has 37 heavy (non-hydrogen) atoms. The Morgan fingerprint density at radius 2 is 2.08 bits per heavy atom. The van der Waals surface area contributed by atoms with Crippen molar-refractivity contribution in [2.24, 2.45) is 5.92 Å². The van der Waals surface area contributed by atoms with E-state index < -0.39 is 5.82 Å². The summed E-state index contributed by atoms with van der Waals surface area (Å²) in [5.74, 6) is 0.308. The second-order valence-electron chi connectivity index (χ2n) is 9.93. The summed E-state index contributed by atoms with van der Waals surface area (Å²) in [7, 11) is 0. The van der Waals surface area contributed by atoms with Gasteiger partial charge in [0.15, 0.2) is 5.82 Å². The molecule has 188 valence electrons. The molecule has 0 radical (unpaired) electrons. The smallest absolute Gasteiger partial charge is 0.219 e. The molecule has 1 saturated carbocycles. The van der Waals surface area contributed by atoms with Crippen molar-refractivity contribution < 1.29 is 9.18 Å². The third kappa shape index (κ3) is 4.17. The lowest BCUT2D eigenvalue weighted by molar-refractivity contribution is -0.130. The molecule has 1 aliphatic carbocycles. The van der Waals surface area contributed by atoms with Crippen molar-refractivity contribution in [3.8, 4) is 17.2 Å². The average Bonchev–Trinajstić information content (AvgIpc) is 3.55. The number of carbonyl (C=O) groups excluding carboxylic acids is 1. The van der Waals surface area contributed by atoms with Gasteiger partial charge in [-0.05, 0) is 56.7 Å². The number of halogens is 1. The molecule has 6 rings (SSSR count). The molecule has 2 fully saturated rings. The molecule has 0 aromatic carbocycles. The van der Waals surface area contributed by atoms with Gasteiger partial charge in [0.1, 0.15) is 11.1 Å². The Morgan fingerprint density at radius 1 is 1.22 bits per heavy atom. The molecule has 10 heteroatoms. The number of likely N-dealkylation sites (tertiary alicyclic amines) is 1. The van der Waals surface area contributed by atoms with E-state index in [1.165, 1.54) is 24.0 Å². The largest absolute Gasteiger partial charge is 0.340 e. The third-order valence-electron chi connectivity index (χ3n) is 7.69. The Morgan fingerprint density at radius 3 is 2.86 bits per heavy atom. The Hall–Kier alpha value is -3.71. The van der Waals surface area contributed by atoms with Crippen molar-refractivity contribution in [2.75, 3.05) is 6.54 Å². The van der Waals surface area contributed by atoms with Crippen LogP contribution >= 0.6 is 11.8 Å². The molecule has 2 bridgehead atoms. The second-order valence-corrected chi connectivity index (χ2v) is 11.0. The molecular weight excluding hydrogens is 489 g/mol. The Balaban J connectivity index is 1.38. The molecule has 8 nitrogen and oxygen atoms in total. The Labute approximate surface area is 218 Å². The Kier molecular flexibility index (Phi) is 5.95. The molecule has 2 aliphatic rings. The van der Waals surface area contributed by atoms with E-state index in [9.17, 15) is 14.4 Å². The van der Waals surface area contributed by atoms with Crippen LogP contribution in [0.1, 0.15) is 49.9 Å². The molecule has 1 aliphatic heterocycles. The van der Waals surface area contributed by atoms with Crippen LogP contribution in [-0.4, -0.2) is 47.8 Å². The van der Waals surface area contributed by atoms with E-state index in [2.05, 4.69) is 27.8 Å². The van der Waals surface area contributed by atoms with Gasteiger partial charge in [-0.3, -0.25) is 9.48 Å². The molecule has 1 amide bonds. The topological polar surface area (TPSA) is 92.1 Å². The molecule has 5 heterocycles. The maximum atomic E-state index is 14.4. The van der Waals surface area contributed by atoms with Crippen LogP contribution in [0.25, 0.3) is 16.6 Å². The van der Waals surface area contributed by atoms with Gasteiger partial charge in [-0.2, -0.15) is 15.5 Å². The van der Waals surface area contributed by atoms with E-state index >= 15 is 0 Å². The summed E-state index contributed by atoms with van der Waals surface area (Å²) in [5.41, 5.74) is 3.90. The van der Waals surface area contributed by atoms with Crippen molar-refractivity contribution in [3.63, 3.8) is 0 Å². The number of hydrogen-bond acceptors (Lipinski definition) is 6. The lowest BCUT2D eigenvalue weighted by atomic mass is 10.0. The van der Waals surface area contributed by atoms with Gasteiger partial charge in [0, 0.05) is 53.6 Å². The number of amides is 1. The fourth-order valence-electron chi connectivity index (χ4n) is 5.93. The van der Waals surface area contributed by atoms with E-state index in [1.54, 1.807) is 23.7 Å². The molecule has 3 unspecified atom stereocenters. The highest BCUT2D eigenvalue weighted by Crippen LogP contribution is 2.41. The monoisotopic (exact) mass is 515 g/mol. The first-order valence-electron chi connectivity index (χ1n) is 12.4. The fourth-order valence-corrected chi connectivity index (χ4v) is 6.90. The van der Waals surface area contributed by atoms with Gasteiger partial charge in [0.2, 0.25) is 5.91 Å². The first-order chi connectivity index (χ1) is 17.9. The lowest BCUT2D eigenvalue weighted by Crippen LogP contribution is -2.36. The zero-order chi connectivity index (χ0) is 25.7. The predicted octanol–water partition coefficient (Wildman–Crippen LogP) is 5.03. The molecular formula is C27H26FN7OS. The van der Waals surface area contributed by atoms with Gasteiger partial charge < -0.3 is 4.90 Å². The summed E-state index contributed by atoms with van der Waals surface area (Å²) in [6.45, 7) is 4.61. The fraction of sp³-hybridized carbons (Fsp3) is 0.370. The average molecular weight is 516 g/mol. The third-order valence-corrected chi connectivity index (χ3v) is 8.71. The number of nitrogens with zero attached hydrogens (tertiary/aromatic N) is 7. The number of fused-ring (bicyclic) bond motifs is 3. The van der Waals surface area contributed by atoms with Gasteiger partial charge >= 0.3 is 0 Å². The number of hydrogen-bond donors (Lipinski definition) is 0. The quantitative estimate of drug-likeness (QED) is 0.379. The van der Waals surface area contributed by atoms with Crippen LogP contribution in [0, 0.1) is 30.0 Å². The standard InChI is InChI=1S/C27H26FN7OS/c1-16-23(13-32-35(16)21-6-5-18-8-22(10-21)33(14-18)17(2)36)19-9-25(37-27-24(28)4-3-7-30-27)26-20(11-29)12-31-34(26)15-19/h3-4,7,9,12-13,15,18,21-22H,5-6,8,10,14H2,1-2H3. The minimum Gasteiger partial charge on any atom is -0.340 e. The summed E-state index contributed by atoms with van der Waals surface area (Å²) in [6, 6.07) is 7.56. The maximum Gasteiger partial charge on any atom is 0.219 e. The molecule has 3 atom stereocenters. The summed E-state index contributed by atoms with van der Waals surface area (Å²) in [4.78, 5) is 19.1. The minimum absolute atomic E-state index is 0.157. The van der Waals surface area contributed by atoms with Crippen LogP contribution in [0.5, 0.6) is 0 Å². The van der Waals surface area contributed by atoms with E-state index in [1.807, 2.05) is 23.4 Å². The number of pyridine rings is 2. The first kappa shape index (κ1) is 23.7. The van der Waals surface area contributed by atoms with Crippen LogP contribution < -0.4 is 0 Å². The maximum absolute atomic E-state index is 14.4. The van der Waals surface area contributed by atoms with E-state index in [0.29, 0.717) is 21.9 Å². The van der Waals surface area contributed by atoms with Gasteiger partial charge in [0.25, 0.3) is 0 Å². The number of aromatic nitrogens is 5. The number of rotatable bonds is 4. The molecule has 0 N–H and O–H groups in total. The normalized spacial score (nSPS) is 21.2. The highest BCUT2D eigenvalue weighted by Gasteiger charge is 2.38. The van der Waals surface area contributed by atoms with Crippen LogP contribution in [-0.2, 0) is 4.79 Å². The number of carbonyl (C=O) groups is 1. The lowest BCUT2D eigenvalue weighted by Gasteiger charge is -2.29. The van der Waals surface area contributed by atoms with Gasteiger partial charge in [-0.15, -0.1) is 0 Å². The highest BCUT2D eigenvalue weighted by atomic mass is 32.2. The van der Waals surface area contributed by atoms with Crippen LogP contribution in [0.2, 0.25) is 0 Å². The van der Waals surface area contributed by atoms with Crippen molar-refractivity contribution in [2.45, 2.75) is 61.5 Å². The summed E-state index contributed by atoms with van der Waals surface area (Å²) in [5, 5.41) is 19.1. The van der Waals surface area contributed by atoms with Crippen molar-refractivity contribution in [1.29, 1.82) is 5.26 Å². The zero-order valence-corrected chi connectivity index (χ0v) is 21.5. The zero-order valence-electron chi connectivity index (χ0n) is 20.6. The number of nitriles is 1. The van der Waals surface area contributed by atoms with Crippen LogP contribution in [0.3, 0.4) is 0 Å². The molecule has 4 aromatic heterocycles. The molecule has 0 spiro atoms. The summed E-state index contributed by atoms with van der Waals surface area (Å²) in [6.07, 6.45) is 10.9. The van der Waals surface area contributed by atoms with Crippen molar-refractivity contribution >= 4 is 23.2 Å². The summed E-state index contributed by atoms with van der Waals surface area (Å²) < 4.78 is 18.2. The predicted molar refractivity (Wildman–Crippen MR) is 136 cm³/mol. The SMILES string of the molecule is CC(=O)N1CC2CCC(n3ncc(-c4cc(Sc5ncccc5F)c5c(C#N)cnn5c4)c3C)CC1C2. The molecule has 1 saturated heterocycles. The van der Waals surface area contributed by atoms with E-state index in [4.69, 9.17) is 5.10 Å². The first-order valence-corrected chi connectivity index (χ1v) is 13.3. The van der Waals surface area contributed by atoms with Gasteiger partial charge in [-0.1, -0.05) is 11.8 Å². The van der Waals surface area contributed by atoms with Crippen LogP contribution in [0.4, 0.5) is 4.39 Å². The van der Waals surface area contributed by atoms with E-state index in [0.717, 1.165) is 49.0 Å². The minimum atomic E-state index is -0.416. The van der Waals surface area contributed by atoms with Crippen LogP contribution in [0.15, 0.2) is 52.9 Å². The van der Waals surface area contributed by atoms with Gasteiger partial charge in [0.05, 0.1) is 29.5 Å². The van der Waals surface area contributed by atoms with E-state index in [-0.39, 0.29) is 23.0 Å². The van der Waals surface area contributed by atoms with Gasteiger partial charge in [-0.25, -0.2) is 13.9 Å². The highest BCUT2D eigenvalue weighted by molar-refractivity contribution is 7.99. The van der Waals surface area contributed by atoms with Crippen molar-refractivity contribution in [1.82, 2.24) is 29.3 Å². The second kappa shape index (κ2) is 9.30. The van der Waals surface area contributed by atoms with Crippen molar-refractivity contribution in [3.05, 3.63) is 60.1 Å². The Bertz CT molecular complexity index is 1550.